The number of hydrogen-bond donors (Lipinski definition) is 2. The highest BCUT2D eigenvalue weighted by Crippen LogP contribution is 2.23. The fourth-order valence-electron chi connectivity index (χ4n) is 2.66. The van der Waals surface area contributed by atoms with E-state index in [1.165, 1.54) is 23.9 Å². The van der Waals surface area contributed by atoms with E-state index in [1.807, 2.05) is 12.3 Å². The normalized spacial score (nSPS) is 24.1. The van der Waals surface area contributed by atoms with Crippen molar-refractivity contribution in [1.29, 1.82) is 0 Å². The molecule has 3 heteroatoms. The molecule has 94 valence electrons. The van der Waals surface area contributed by atoms with E-state index < -0.39 is 0 Å². The van der Waals surface area contributed by atoms with Crippen LogP contribution in [0.2, 0.25) is 0 Å². The number of hydrogen-bond acceptors (Lipinski definition) is 3. The number of aromatic nitrogens is 1. The second-order valence-electron chi connectivity index (χ2n) is 5.17. The smallest absolute Gasteiger partial charge is 0.0722 e. The van der Waals surface area contributed by atoms with Crippen molar-refractivity contribution in [2.45, 2.75) is 37.8 Å². The first-order valence-electron chi connectivity index (χ1n) is 6.68. The van der Waals surface area contributed by atoms with Crippen LogP contribution in [0.25, 0.3) is 10.9 Å². The molecule has 1 aliphatic rings. The summed E-state index contributed by atoms with van der Waals surface area (Å²) in [6.45, 7) is 0. The average molecular weight is 241 g/mol. The molecule has 0 atom stereocenters. The van der Waals surface area contributed by atoms with Gasteiger partial charge in [0.15, 0.2) is 0 Å². The number of nitrogens with zero attached hydrogens (tertiary/aromatic N) is 1. The van der Waals surface area contributed by atoms with E-state index >= 15 is 0 Å². The number of benzene rings is 1. The van der Waals surface area contributed by atoms with Crippen LogP contribution in [-0.2, 0) is 0 Å². The Kier molecular flexibility index (Phi) is 3.15. The number of pyridine rings is 1. The Morgan fingerprint density at radius 1 is 1.11 bits per heavy atom. The SMILES string of the molecule is NC1CCC(Nc2ccc3cccnc3c2)CC1. The maximum atomic E-state index is 5.93. The van der Waals surface area contributed by atoms with E-state index in [0.717, 1.165) is 18.4 Å². The van der Waals surface area contributed by atoms with Crippen molar-refractivity contribution in [3.05, 3.63) is 36.5 Å². The third-order valence-electron chi connectivity index (χ3n) is 3.75. The average Bonchev–Trinajstić information content (AvgIpc) is 2.41. The van der Waals surface area contributed by atoms with Crippen LogP contribution < -0.4 is 11.1 Å². The summed E-state index contributed by atoms with van der Waals surface area (Å²) in [5.74, 6) is 0. The van der Waals surface area contributed by atoms with Crippen molar-refractivity contribution in [3.63, 3.8) is 0 Å². The van der Waals surface area contributed by atoms with Gasteiger partial charge in [0.05, 0.1) is 5.52 Å². The number of nitrogens with one attached hydrogen (secondary N) is 1. The molecule has 0 unspecified atom stereocenters. The second kappa shape index (κ2) is 4.94. The van der Waals surface area contributed by atoms with Gasteiger partial charge in [-0.2, -0.15) is 0 Å². The molecule has 1 aromatic heterocycles. The molecule has 1 heterocycles. The Morgan fingerprint density at radius 2 is 1.94 bits per heavy atom. The molecule has 3 nitrogen and oxygen atoms in total. The molecule has 0 spiro atoms. The third-order valence-corrected chi connectivity index (χ3v) is 3.75. The van der Waals surface area contributed by atoms with Crippen molar-refractivity contribution in [2.75, 3.05) is 5.32 Å². The van der Waals surface area contributed by atoms with Gasteiger partial charge in [0, 0.05) is 29.4 Å². The molecule has 3 rings (SSSR count). The Balaban J connectivity index is 1.74. The van der Waals surface area contributed by atoms with Crippen LogP contribution in [-0.4, -0.2) is 17.1 Å². The molecule has 1 saturated carbocycles. The first kappa shape index (κ1) is 11.5. The lowest BCUT2D eigenvalue weighted by Crippen LogP contribution is -2.32. The highest BCUT2D eigenvalue weighted by atomic mass is 14.9. The minimum Gasteiger partial charge on any atom is -0.382 e. The van der Waals surface area contributed by atoms with E-state index in [9.17, 15) is 0 Å². The monoisotopic (exact) mass is 241 g/mol. The highest BCUT2D eigenvalue weighted by Gasteiger charge is 2.18. The molecular weight excluding hydrogens is 222 g/mol. The van der Waals surface area contributed by atoms with Gasteiger partial charge in [0.25, 0.3) is 0 Å². The fourth-order valence-corrected chi connectivity index (χ4v) is 2.66. The Bertz CT molecular complexity index is 530. The van der Waals surface area contributed by atoms with Gasteiger partial charge in [0.2, 0.25) is 0 Å². The lowest BCUT2D eigenvalue weighted by Gasteiger charge is -2.27. The minimum absolute atomic E-state index is 0.404. The molecule has 1 fully saturated rings. The number of nitrogens with two attached hydrogens (primary N) is 1. The number of fused-ring (bicyclic) bond motifs is 1. The van der Waals surface area contributed by atoms with Gasteiger partial charge in [-0.3, -0.25) is 4.98 Å². The van der Waals surface area contributed by atoms with E-state index in [-0.39, 0.29) is 0 Å². The molecule has 18 heavy (non-hydrogen) atoms. The molecule has 0 amide bonds. The van der Waals surface area contributed by atoms with Crippen molar-refractivity contribution in [2.24, 2.45) is 5.73 Å². The first-order valence-corrected chi connectivity index (χ1v) is 6.68. The van der Waals surface area contributed by atoms with E-state index in [4.69, 9.17) is 5.73 Å². The molecule has 1 aromatic carbocycles. The second-order valence-corrected chi connectivity index (χ2v) is 5.17. The fraction of sp³-hybridized carbons (Fsp3) is 0.400. The van der Waals surface area contributed by atoms with E-state index in [2.05, 4.69) is 34.6 Å². The molecule has 0 aliphatic heterocycles. The van der Waals surface area contributed by atoms with Crippen LogP contribution in [0.3, 0.4) is 0 Å². The summed E-state index contributed by atoms with van der Waals surface area (Å²) < 4.78 is 0. The molecule has 0 bridgehead atoms. The summed E-state index contributed by atoms with van der Waals surface area (Å²) in [6.07, 6.45) is 6.43. The third kappa shape index (κ3) is 2.46. The van der Waals surface area contributed by atoms with Gasteiger partial charge >= 0.3 is 0 Å². The molecule has 1 aliphatic carbocycles. The topological polar surface area (TPSA) is 50.9 Å². The lowest BCUT2D eigenvalue weighted by molar-refractivity contribution is 0.411. The van der Waals surface area contributed by atoms with Crippen LogP contribution in [0.15, 0.2) is 36.5 Å². The van der Waals surface area contributed by atoms with Gasteiger partial charge in [-0.05, 0) is 43.9 Å². The Labute approximate surface area is 107 Å². The summed E-state index contributed by atoms with van der Waals surface area (Å²) in [6, 6.07) is 11.4. The summed E-state index contributed by atoms with van der Waals surface area (Å²) in [4.78, 5) is 4.39. The molecule has 2 aromatic rings. The molecular formula is C15H19N3. The quantitative estimate of drug-likeness (QED) is 0.850. The van der Waals surface area contributed by atoms with Crippen LogP contribution in [0, 0.1) is 0 Å². The van der Waals surface area contributed by atoms with Crippen LogP contribution in [0.5, 0.6) is 0 Å². The summed E-state index contributed by atoms with van der Waals surface area (Å²) >= 11 is 0. The minimum atomic E-state index is 0.404. The van der Waals surface area contributed by atoms with Crippen LogP contribution >= 0.6 is 0 Å². The standard InChI is InChI=1S/C15H19N3/c16-12-4-7-13(8-5-12)18-14-6-3-11-2-1-9-17-15(11)10-14/h1-3,6,9-10,12-13,18H,4-5,7-8,16H2. The predicted molar refractivity (Wildman–Crippen MR) is 75.6 cm³/mol. The predicted octanol–water partition coefficient (Wildman–Crippen LogP) is 2.92. The molecule has 3 N–H and O–H groups in total. The van der Waals surface area contributed by atoms with E-state index in [1.54, 1.807) is 0 Å². The summed E-state index contributed by atoms with van der Waals surface area (Å²) in [7, 11) is 0. The zero-order chi connectivity index (χ0) is 12.4. The van der Waals surface area contributed by atoms with Gasteiger partial charge < -0.3 is 11.1 Å². The van der Waals surface area contributed by atoms with Gasteiger partial charge in [-0.15, -0.1) is 0 Å². The maximum absolute atomic E-state index is 5.93. The van der Waals surface area contributed by atoms with E-state index in [0.29, 0.717) is 12.1 Å². The number of anilines is 1. The zero-order valence-electron chi connectivity index (χ0n) is 10.5. The van der Waals surface area contributed by atoms with Gasteiger partial charge in [-0.1, -0.05) is 12.1 Å². The Hall–Kier alpha value is -1.61. The maximum Gasteiger partial charge on any atom is 0.0722 e. The van der Waals surface area contributed by atoms with Crippen molar-refractivity contribution in [1.82, 2.24) is 4.98 Å². The van der Waals surface area contributed by atoms with Crippen molar-refractivity contribution in [3.8, 4) is 0 Å². The van der Waals surface area contributed by atoms with Crippen molar-refractivity contribution >= 4 is 16.6 Å². The summed E-state index contributed by atoms with van der Waals surface area (Å²) in [5, 5.41) is 4.79. The van der Waals surface area contributed by atoms with Gasteiger partial charge in [0.1, 0.15) is 0 Å². The molecule has 0 saturated heterocycles. The Morgan fingerprint density at radius 3 is 2.78 bits per heavy atom. The largest absolute Gasteiger partial charge is 0.382 e. The van der Waals surface area contributed by atoms with Gasteiger partial charge in [-0.25, -0.2) is 0 Å². The highest BCUT2D eigenvalue weighted by molar-refractivity contribution is 5.81. The van der Waals surface area contributed by atoms with Crippen molar-refractivity contribution < 1.29 is 0 Å². The molecule has 0 radical (unpaired) electrons. The zero-order valence-corrected chi connectivity index (χ0v) is 10.5. The van der Waals surface area contributed by atoms with Crippen LogP contribution in [0.1, 0.15) is 25.7 Å². The van der Waals surface area contributed by atoms with Crippen LogP contribution in [0.4, 0.5) is 5.69 Å². The number of rotatable bonds is 2. The summed E-state index contributed by atoms with van der Waals surface area (Å²) in [5.41, 5.74) is 8.15. The first-order chi connectivity index (χ1) is 8.81. The lowest BCUT2D eigenvalue weighted by atomic mass is 9.91.